The number of carbonyl (C=O) groups is 1. The van der Waals surface area contributed by atoms with E-state index in [1.165, 1.54) is 24.1 Å². The maximum atomic E-state index is 13.3. The Morgan fingerprint density at radius 3 is 2.58 bits per heavy atom. The van der Waals surface area contributed by atoms with Crippen LogP contribution in [0.25, 0.3) is 0 Å². The van der Waals surface area contributed by atoms with Crippen LogP contribution in [0, 0.1) is 6.92 Å². The average Bonchev–Trinajstić information content (AvgIpc) is 3.32. The molecule has 26 heavy (non-hydrogen) atoms. The summed E-state index contributed by atoms with van der Waals surface area (Å²) in [6, 6.07) is 6.52. The second-order valence-electron chi connectivity index (χ2n) is 8.43. The van der Waals surface area contributed by atoms with Crippen molar-refractivity contribution >= 4 is 17.3 Å². The number of nitrogens with zero attached hydrogens (tertiary/aromatic N) is 3. The van der Waals surface area contributed by atoms with E-state index in [4.69, 9.17) is 4.52 Å². The lowest BCUT2D eigenvalue weighted by molar-refractivity contribution is 0.0986. The van der Waals surface area contributed by atoms with Crippen molar-refractivity contribution in [3.63, 3.8) is 0 Å². The largest absolute Gasteiger partial charge is 0.372 e. The smallest absolute Gasteiger partial charge is 0.263 e. The van der Waals surface area contributed by atoms with Crippen molar-refractivity contribution < 1.29 is 9.32 Å². The standard InChI is InChI=1S/C21H27N3O2/c1-14-18(19(22-26-14)21(2,3)4)20(25)24-12-9-15-13-16(7-8-17(15)24)23-10-5-6-11-23/h7-8,13H,5-6,9-12H2,1-4H3. The summed E-state index contributed by atoms with van der Waals surface area (Å²) in [7, 11) is 0. The quantitative estimate of drug-likeness (QED) is 0.816. The minimum Gasteiger partial charge on any atom is -0.372 e. The van der Waals surface area contributed by atoms with Gasteiger partial charge in [0, 0.05) is 36.4 Å². The second-order valence-corrected chi connectivity index (χ2v) is 8.43. The van der Waals surface area contributed by atoms with Crippen LogP contribution >= 0.6 is 0 Å². The first kappa shape index (κ1) is 17.1. The van der Waals surface area contributed by atoms with Crippen LogP contribution in [0.5, 0.6) is 0 Å². The number of benzene rings is 1. The van der Waals surface area contributed by atoms with Crippen molar-refractivity contribution in [3.8, 4) is 0 Å². The Morgan fingerprint density at radius 2 is 1.88 bits per heavy atom. The molecule has 138 valence electrons. The minimum atomic E-state index is -0.231. The summed E-state index contributed by atoms with van der Waals surface area (Å²) in [6.07, 6.45) is 3.44. The van der Waals surface area contributed by atoms with Crippen LogP contribution in [-0.4, -0.2) is 30.7 Å². The lowest BCUT2D eigenvalue weighted by Crippen LogP contribution is -2.31. The monoisotopic (exact) mass is 353 g/mol. The highest BCUT2D eigenvalue weighted by atomic mass is 16.5. The molecule has 0 saturated carbocycles. The van der Waals surface area contributed by atoms with E-state index < -0.39 is 0 Å². The number of aryl methyl sites for hydroxylation is 1. The van der Waals surface area contributed by atoms with Crippen LogP contribution in [0.4, 0.5) is 11.4 Å². The fourth-order valence-corrected chi connectivity index (χ4v) is 4.04. The molecular formula is C21H27N3O2. The van der Waals surface area contributed by atoms with Crippen molar-refractivity contribution in [2.24, 2.45) is 0 Å². The molecule has 0 aliphatic carbocycles. The number of fused-ring (bicyclic) bond motifs is 1. The van der Waals surface area contributed by atoms with E-state index in [0.29, 0.717) is 17.9 Å². The minimum absolute atomic E-state index is 0.00125. The molecule has 5 heteroatoms. The summed E-state index contributed by atoms with van der Waals surface area (Å²) in [5.74, 6) is 0.600. The van der Waals surface area contributed by atoms with Crippen LogP contribution < -0.4 is 9.80 Å². The molecule has 1 amide bonds. The molecule has 5 nitrogen and oxygen atoms in total. The first-order valence-electron chi connectivity index (χ1n) is 9.53. The zero-order chi connectivity index (χ0) is 18.5. The van der Waals surface area contributed by atoms with Gasteiger partial charge in [-0.25, -0.2) is 0 Å². The number of aromatic nitrogens is 1. The Bertz CT molecular complexity index is 841. The van der Waals surface area contributed by atoms with E-state index >= 15 is 0 Å². The highest BCUT2D eigenvalue weighted by Gasteiger charge is 2.34. The molecule has 2 aromatic rings. The Morgan fingerprint density at radius 1 is 1.15 bits per heavy atom. The molecule has 0 radical (unpaired) electrons. The first-order chi connectivity index (χ1) is 12.4. The van der Waals surface area contributed by atoms with E-state index in [-0.39, 0.29) is 11.3 Å². The predicted octanol–water partition coefficient (Wildman–Crippen LogP) is 4.08. The van der Waals surface area contributed by atoms with Gasteiger partial charge in [-0.15, -0.1) is 0 Å². The van der Waals surface area contributed by atoms with Crippen molar-refractivity contribution in [2.45, 2.75) is 52.4 Å². The Balaban J connectivity index is 1.66. The fourth-order valence-electron chi connectivity index (χ4n) is 4.04. The lowest BCUT2D eigenvalue weighted by atomic mass is 9.88. The fraction of sp³-hybridized carbons (Fsp3) is 0.524. The number of rotatable bonds is 2. The molecule has 0 unspecified atom stereocenters. The van der Waals surface area contributed by atoms with Gasteiger partial charge in [-0.3, -0.25) is 4.79 Å². The molecule has 0 atom stereocenters. The maximum Gasteiger partial charge on any atom is 0.263 e. The molecule has 0 bridgehead atoms. The SMILES string of the molecule is Cc1onc(C(C)(C)C)c1C(=O)N1CCc2cc(N3CCCC3)ccc21. The highest BCUT2D eigenvalue weighted by Crippen LogP contribution is 2.35. The van der Waals surface area contributed by atoms with E-state index in [2.05, 4.69) is 49.0 Å². The molecule has 2 aliphatic rings. The molecule has 1 aromatic carbocycles. The number of hydrogen-bond donors (Lipinski definition) is 0. The molecule has 0 spiro atoms. The number of anilines is 2. The van der Waals surface area contributed by atoms with Crippen LogP contribution in [0.2, 0.25) is 0 Å². The predicted molar refractivity (Wildman–Crippen MR) is 103 cm³/mol. The van der Waals surface area contributed by atoms with E-state index in [1.54, 1.807) is 0 Å². The second kappa shape index (κ2) is 6.15. The van der Waals surface area contributed by atoms with Crippen LogP contribution in [-0.2, 0) is 11.8 Å². The van der Waals surface area contributed by atoms with Crippen molar-refractivity contribution in [2.75, 3.05) is 29.4 Å². The number of amides is 1. The lowest BCUT2D eigenvalue weighted by Gasteiger charge is -2.22. The van der Waals surface area contributed by atoms with Crippen LogP contribution in [0.15, 0.2) is 22.7 Å². The third-order valence-electron chi connectivity index (χ3n) is 5.46. The number of carbonyl (C=O) groups excluding carboxylic acids is 1. The average molecular weight is 353 g/mol. The third-order valence-corrected chi connectivity index (χ3v) is 5.46. The summed E-state index contributed by atoms with van der Waals surface area (Å²) >= 11 is 0. The molecule has 3 heterocycles. The van der Waals surface area contributed by atoms with E-state index in [1.807, 2.05) is 11.8 Å². The molecule has 1 aromatic heterocycles. The first-order valence-corrected chi connectivity index (χ1v) is 9.53. The molecule has 0 N–H and O–H groups in total. The molecule has 1 fully saturated rings. The summed E-state index contributed by atoms with van der Waals surface area (Å²) < 4.78 is 5.37. The molecule has 2 aliphatic heterocycles. The van der Waals surface area contributed by atoms with Gasteiger partial charge in [0.05, 0.1) is 0 Å². The van der Waals surface area contributed by atoms with Crippen molar-refractivity contribution in [1.82, 2.24) is 5.16 Å². The van der Waals surface area contributed by atoms with Gasteiger partial charge < -0.3 is 14.3 Å². The zero-order valence-corrected chi connectivity index (χ0v) is 16.1. The summed E-state index contributed by atoms with van der Waals surface area (Å²) in [5.41, 5.74) is 4.70. The Labute approximate surface area is 155 Å². The molecule has 1 saturated heterocycles. The van der Waals surface area contributed by atoms with Gasteiger partial charge in [-0.2, -0.15) is 0 Å². The van der Waals surface area contributed by atoms with Gasteiger partial charge >= 0.3 is 0 Å². The van der Waals surface area contributed by atoms with Gasteiger partial charge in [0.2, 0.25) is 0 Å². The third kappa shape index (κ3) is 2.79. The topological polar surface area (TPSA) is 49.6 Å². The zero-order valence-electron chi connectivity index (χ0n) is 16.1. The van der Waals surface area contributed by atoms with Crippen LogP contribution in [0.3, 0.4) is 0 Å². The summed E-state index contributed by atoms with van der Waals surface area (Å²) in [4.78, 5) is 17.6. The van der Waals surface area contributed by atoms with Gasteiger partial charge in [-0.05, 0) is 49.9 Å². The van der Waals surface area contributed by atoms with Crippen LogP contribution in [0.1, 0.15) is 61.0 Å². The van der Waals surface area contributed by atoms with E-state index in [0.717, 1.165) is 30.9 Å². The van der Waals surface area contributed by atoms with E-state index in [9.17, 15) is 4.79 Å². The molecule has 4 rings (SSSR count). The maximum absolute atomic E-state index is 13.3. The summed E-state index contributed by atoms with van der Waals surface area (Å²) in [5, 5.41) is 4.17. The van der Waals surface area contributed by atoms with Crippen molar-refractivity contribution in [1.29, 1.82) is 0 Å². The van der Waals surface area contributed by atoms with Gasteiger partial charge in [0.15, 0.2) is 0 Å². The summed E-state index contributed by atoms with van der Waals surface area (Å²) in [6.45, 7) is 11.0. The highest BCUT2D eigenvalue weighted by molar-refractivity contribution is 6.08. The van der Waals surface area contributed by atoms with Gasteiger partial charge in [-0.1, -0.05) is 25.9 Å². The number of hydrogen-bond acceptors (Lipinski definition) is 4. The van der Waals surface area contributed by atoms with Gasteiger partial charge in [0.25, 0.3) is 5.91 Å². The normalized spacial score (nSPS) is 17.1. The van der Waals surface area contributed by atoms with Crippen molar-refractivity contribution in [3.05, 3.63) is 40.8 Å². The van der Waals surface area contributed by atoms with Gasteiger partial charge in [0.1, 0.15) is 17.0 Å². The Hall–Kier alpha value is -2.30. The Kier molecular flexibility index (Phi) is 4.05. The molecular weight excluding hydrogens is 326 g/mol.